The number of anilines is 1. The number of hydrogen-bond donors (Lipinski definition) is 0. The van der Waals surface area contributed by atoms with Gasteiger partial charge in [0.25, 0.3) is 0 Å². The average molecular weight is 369 g/mol. The molecule has 2 aromatic rings. The molecule has 1 saturated heterocycles. The van der Waals surface area contributed by atoms with Gasteiger partial charge in [-0.1, -0.05) is 30.3 Å². The zero-order chi connectivity index (χ0) is 15.2. The van der Waals surface area contributed by atoms with Crippen molar-refractivity contribution >= 4 is 30.8 Å². The minimum Gasteiger partial charge on any atom is -0.338 e. The number of piperidine rings is 1. The molecule has 0 aliphatic carbocycles. The fourth-order valence-corrected chi connectivity index (χ4v) is 3.23. The lowest BCUT2D eigenvalue weighted by molar-refractivity contribution is 0.201. The lowest BCUT2D eigenvalue weighted by Crippen LogP contribution is -2.45. The number of hydrogen-bond acceptors (Lipinski definition) is 4. The van der Waals surface area contributed by atoms with E-state index >= 15 is 0 Å². The van der Waals surface area contributed by atoms with Crippen molar-refractivity contribution in [2.45, 2.75) is 32.4 Å². The van der Waals surface area contributed by atoms with Crippen molar-refractivity contribution < 1.29 is 0 Å². The highest BCUT2D eigenvalue weighted by Crippen LogP contribution is 2.21. The molecule has 1 aliphatic rings. The Morgan fingerprint density at radius 3 is 2.21 bits per heavy atom. The summed E-state index contributed by atoms with van der Waals surface area (Å²) in [7, 11) is 0. The van der Waals surface area contributed by atoms with E-state index in [1.165, 1.54) is 18.4 Å². The molecule has 0 N–H and O–H groups in total. The van der Waals surface area contributed by atoms with Crippen LogP contribution in [-0.2, 0) is 6.54 Å². The molecule has 0 atom stereocenters. The quantitative estimate of drug-likeness (QED) is 0.802. The van der Waals surface area contributed by atoms with E-state index in [2.05, 4.69) is 57.0 Å². The number of likely N-dealkylation sites (tertiary alicyclic amines) is 1. The molecule has 0 saturated carbocycles. The Bertz CT molecular complexity index is 560. The normalized spacial score (nSPS) is 15.2. The number of benzene rings is 1. The Morgan fingerprint density at radius 2 is 1.62 bits per heavy atom. The molecule has 0 unspecified atom stereocenters. The smallest absolute Gasteiger partial charge is 0.225 e. The van der Waals surface area contributed by atoms with Gasteiger partial charge in [0.2, 0.25) is 5.95 Å². The van der Waals surface area contributed by atoms with Gasteiger partial charge in [-0.2, -0.15) is 0 Å². The van der Waals surface area contributed by atoms with Crippen LogP contribution in [0.25, 0.3) is 0 Å². The SMILES string of the molecule is CCN(c1ncccn1)C1CCN(Cc2ccccc2)CC1.Cl.Cl. The molecule has 2 heterocycles. The van der Waals surface area contributed by atoms with Gasteiger partial charge in [-0.05, 0) is 31.4 Å². The van der Waals surface area contributed by atoms with Crippen LogP contribution in [0, 0.1) is 0 Å². The molecule has 132 valence electrons. The molecule has 1 aromatic heterocycles. The van der Waals surface area contributed by atoms with Crippen LogP contribution >= 0.6 is 24.8 Å². The average Bonchev–Trinajstić information content (AvgIpc) is 2.59. The molecule has 0 spiro atoms. The summed E-state index contributed by atoms with van der Waals surface area (Å²) in [4.78, 5) is 13.7. The van der Waals surface area contributed by atoms with E-state index in [1.807, 2.05) is 18.5 Å². The van der Waals surface area contributed by atoms with E-state index in [4.69, 9.17) is 0 Å². The summed E-state index contributed by atoms with van der Waals surface area (Å²) >= 11 is 0. The summed E-state index contributed by atoms with van der Waals surface area (Å²) in [6.07, 6.45) is 6.02. The molecule has 24 heavy (non-hydrogen) atoms. The summed E-state index contributed by atoms with van der Waals surface area (Å²) in [6.45, 7) is 6.49. The maximum atomic E-state index is 4.41. The van der Waals surface area contributed by atoms with Crippen molar-refractivity contribution in [3.63, 3.8) is 0 Å². The second-order valence-electron chi connectivity index (χ2n) is 5.83. The van der Waals surface area contributed by atoms with Crippen molar-refractivity contribution in [3.05, 3.63) is 54.4 Å². The minimum absolute atomic E-state index is 0. The lowest BCUT2D eigenvalue weighted by atomic mass is 10.0. The van der Waals surface area contributed by atoms with Crippen molar-refractivity contribution in [2.75, 3.05) is 24.5 Å². The third kappa shape index (κ3) is 5.33. The molecule has 4 nitrogen and oxygen atoms in total. The first-order valence-electron chi connectivity index (χ1n) is 8.16. The van der Waals surface area contributed by atoms with Crippen LogP contribution in [0.15, 0.2) is 48.8 Å². The van der Waals surface area contributed by atoms with Crippen LogP contribution in [0.4, 0.5) is 5.95 Å². The largest absolute Gasteiger partial charge is 0.338 e. The third-order valence-electron chi connectivity index (χ3n) is 4.40. The van der Waals surface area contributed by atoms with Crippen LogP contribution in [-0.4, -0.2) is 40.5 Å². The second-order valence-corrected chi connectivity index (χ2v) is 5.83. The van der Waals surface area contributed by atoms with Crippen LogP contribution in [0.5, 0.6) is 0 Å². The van der Waals surface area contributed by atoms with Gasteiger partial charge < -0.3 is 4.90 Å². The molecule has 0 bridgehead atoms. The molecular formula is C18H26Cl2N4. The standard InChI is InChI=1S/C18H24N4.2ClH/c1-2-22(18-19-11-6-12-20-18)17-9-13-21(14-10-17)15-16-7-4-3-5-8-16;;/h3-8,11-12,17H,2,9-10,13-15H2,1H3;2*1H. The van der Waals surface area contributed by atoms with Crippen molar-refractivity contribution in [2.24, 2.45) is 0 Å². The minimum atomic E-state index is 0. The van der Waals surface area contributed by atoms with E-state index in [-0.39, 0.29) is 24.8 Å². The molecule has 1 fully saturated rings. The predicted molar refractivity (Wildman–Crippen MR) is 104 cm³/mol. The van der Waals surface area contributed by atoms with Gasteiger partial charge in [0, 0.05) is 44.6 Å². The summed E-state index contributed by atoms with van der Waals surface area (Å²) in [5, 5.41) is 0. The summed E-state index contributed by atoms with van der Waals surface area (Å²) < 4.78 is 0. The van der Waals surface area contributed by atoms with Gasteiger partial charge in [-0.25, -0.2) is 9.97 Å². The summed E-state index contributed by atoms with van der Waals surface area (Å²) in [5.74, 6) is 0.867. The monoisotopic (exact) mass is 368 g/mol. The van der Waals surface area contributed by atoms with Gasteiger partial charge >= 0.3 is 0 Å². The van der Waals surface area contributed by atoms with Gasteiger partial charge in [0.15, 0.2) is 0 Å². The summed E-state index contributed by atoms with van der Waals surface area (Å²) in [5.41, 5.74) is 1.40. The van der Waals surface area contributed by atoms with Gasteiger partial charge in [-0.15, -0.1) is 24.8 Å². The number of aromatic nitrogens is 2. The topological polar surface area (TPSA) is 32.3 Å². The molecule has 0 radical (unpaired) electrons. The van der Waals surface area contributed by atoms with Crippen LogP contribution in [0.1, 0.15) is 25.3 Å². The maximum absolute atomic E-state index is 4.41. The van der Waals surface area contributed by atoms with Crippen LogP contribution < -0.4 is 4.90 Å². The van der Waals surface area contributed by atoms with Gasteiger partial charge in [0.05, 0.1) is 0 Å². The van der Waals surface area contributed by atoms with E-state index in [0.29, 0.717) is 6.04 Å². The number of nitrogens with zero attached hydrogens (tertiary/aromatic N) is 4. The fourth-order valence-electron chi connectivity index (χ4n) is 3.23. The zero-order valence-corrected chi connectivity index (χ0v) is 15.7. The van der Waals surface area contributed by atoms with Gasteiger partial charge in [-0.3, -0.25) is 4.90 Å². The van der Waals surface area contributed by atoms with E-state index in [9.17, 15) is 0 Å². The van der Waals surface area contributed by atoms with Crippen molar-refractivity contribution in [3.8, 4) is 0 Å². The van der Waals surface area contributed by atoms with E-state index in [0.717, 1.165) is 32.1 Å². The van der Waals surface area contributed by atoms with E-state index < -0.39 is 0 Å². The molecule has 1 aliphatic heterocycles. The Hall–Kier alpha value is -1.36. The first-order valence-corrected chi connectivity index (χ1v) is 8.16. The fraction of sp³-hybridized carbons (Fsp3) is 0.444. The zero-order valence-electron chi connectivity index (χ0n) is 14.0. The molecule has 3 rings (SSSR count). The Morgan fingerprint density at radius 1 is 1.00 bits per heavy atom. The first-order chi connectivity index (χ1) is 10.9. The third-order valence-corrected chi connectivity index (χ3v) is 4.40. The number of rotatable bonds is 5. The van der Waals surface area contributed by atoms with Crippen molar-refractivity contribution in [1.82, 2.24) is 14.9 Å². The Balaban J connectivity index is 0.00000144. The highest BCUT2D eigenvalue weighted by molar-refractivity contribution is 5.85. The maximum Gasteiger partial charge on any atom is 0.225 e. The van der Waals surface area contributed by atoms with Crippen molar-refractivity contribution in [1.29, 1.82) is 0 Å². The highest BCUT2D eigenvalue weighted by Gasteiger charge is 2.25. The van der Waals surface area contributed by atoms with Crippen LogP contribution in [0.2, 0.25) is 0 Å². The van der Waals surface area contributed by atoms with E-state index in [1.54, 1.807) is 0 Å². The predicted octanol–water partition coefficient (Wildman–Crippen LogP) is 3.81. The Kier molecular flexibility index (Phi) is 9.04. The summed E-state index contributed by atoms with van der Waals surface area (Å²) in [6, 6.07) is 13.2. The van der Waals surface area contributed by atoms with Gasteiger partial charge in [0.1, 0.15) is 0 Å². The highest BCUT2D eigenvalue weighted by atomic mass is 35.5. The molecule has 6 heteroatoms. The second kappa shape index (κ2) is 10.5. The molecule has 0 amide bonds. The Labute approximate surface area is 157 Å². The first kappa shape index (κ1) is 20.7. The van der Waals surface area contributed by atoms with Crippen LogP contribution in [0.3, 0.4) is 0 Å². The number of halogens is 2. The molecule has 1 aromatic carbocycles. The lowest BCUT2D eigenvalue weighted by Gasteiger charge is -2.38. The molecular weight excluding hydrogens is 343 g/mol.